The predicted molar refractivity (Wildman–Crippen MR) is 174 cm³/mol. The molecule has 0 unspecified atom stereocenters. The highest BCUT2D eigenvalue weighted by Crippen LogP contribution is 2.40. The van der Waals surface area contributed by atoms with E-state index in [1.807, 2.05) is 59.5 Å². The monoisotopic (exact) mass is 617 g/mol. The number of ether oxygens (including phenoxy) is 1. The van der Waals surface area contributed by atoms with Crippen molar-refractivity contribution in [3.05, 3.63) is 108 Å². The Morgan fingerprint density at radius 2 is 1.67 bits per heavy atom. The number of aromatic nitrogens is 2. The summed E-state index contributed by atoms with van der Waals surface area (Å²) in [7, 11) is 0. The van der Waals surface area contributed by atoms with Crippen molar-refractivity contribution in [1.82, 2.24) is 14.9 Å². The first-order valence-electron chi connectivity index (χ1n) is 15.9. The van der Waals surface area contributed by atoms with Crippen LogP contribution in [0.5, 0.6) is 5.75 Å². The van der Waals surface area contributed by atoms with E-state index in [0.717, 1.165) is 46.1 Å². The van der Waals surface area contributed by atoms with Crippen LogP contribution in [0.15, 0.2) is 91.3 Å². The lowest BCUT2D eigenvalue weighted by molar-refractivity contribution is -0.151. The topological polar surface area (TPSA) is 95.5 Å². The summed E-state index contributed by atoms with van der Waals surface area (Å²) in [4.78, 5) is 35.1. The van der Waals surface area contributed by atoms with E-state index in [9.17, 15) is 19.1 Å². The highest BCUT2D eigenvalue weighted by Gasteiger charge is 2.39. The first-order valence-corrected chi connectivity index (χ1v) is 15.9. The first-order chi connectivity index (χ1) is 22.4. The van der Waals surface area contributed by atoms with E-state index in [2.05, 4.69) is 9.97 Å². The van der Waals surface area contributed by atoms with Crippen molar-refractivity contribution >= 4 is 22.8 Å². The quantitative estimate of drug-likeness (QED) is 0.172. The number of pyridine rings is 1. The number of rotatable bonds is 9. The van der Waals surface area contributed by atoms with Crippen LogP contribution in [0.1, 0.15) is 36.8 Å². The van der Waals surface area contributed by atoms with Gasteiger partial charge in [-0.25, -0.2) is 4.39 Å². The van der Waals surface area contributed by atoms with Crippen molar-refractivity contribution in [2.45, 2.75) is 38.5 Å². The van der Waals surface area contributed by atoms with Crippen LogP contribution in [0.3, 0.4) is 0 Å². The molecule has 0 atom stereocenters. The number of nitrogens with zero attached hydrogens (tertiary/aromatic N) is 2. The van der Waals surface area contributed by atoms with Crippen LogP contribution < -0.4 is 0 Å². The maximum Gasteiger partial charge on any atom is 0.308 e. The number of likely N-dealkylation sites (tertiary alicyclic amines) is 1. The van der Waals surface area contributed by atoms with Crippen LogP contribution in [0, 0.1) is 17.2 Å². The highest BCUT2D eigenvalue weighted by molar-refractivity contribution is 5.89. The fourth-order valence-corrected chi connectivity index (χ4v) is 6.50. The molecule has 7 rings (SSSR count). The molecule has 1 amide bonds. The normalized spacial score (nSPS) is 16.0. The third kappa shape index (κ3) is 6.38. The van der Waals surface area contributed by atoms with Gasteiger partial charge in [0.1, 0.15) is 11.6 Å². The molecule has 5 aromatic rings. The van der Waals surface area contributed by atoms with Crippen molar-refractivity contribution in [2.24, 2.45) is 11.3 Å². The first kappa shape index (κ1) is 29.7. The molecular weight excluding hydrogens is 581 g/mol. The molecule has 1 saturated carbocycles. The van der Waals surface area contributed by atoms with Crippen LogP contribution in [-0.4, -0.2) is 51.5 Å². The summed E-state index contributed by atoms with van der Waals surface area (Å²) < 4.78 is 19.3. The maximum absolute atomic E-state index is 13.5. The number of piperidine rings is 1. The Morgan fingerprint density at radius 3 is 2.39 bits per heavy atom. The molecule has 3 heterocycles. The maximum atomic E-state index is 13.5. The molecule has 46 heavy (non-hydrogen) atoms. The highest BCUT2D eigenvalue weighted by atomic mass is 19.1. The lowest BCUT2D eigenvalue weighted by Gasteiger charge is -2.41. The van der Waals surface area contributed by atoms with Gasteiger partial charge in [-0.1, -0.05) is 48.5 Å². The zero-order chi connectivity index (χ0) is 31.7. The number of benzene rings is 3. The number of hydrogen-bond donors (Lipinski definition) is 2. The zero-order valence-electron chi connectivity index (χ0n) is 25.5. The van der Waals surface area contributed by atoms with E-state index in [-0.39, 0.29) is 41.2 Å². The zero-order valence-corrected chi connectivity index (χ0v) is 25.5. The Morgan fingerprint density at radius 1 is 0.957 bits per heavy atom. The number of halogens is 1. The van der Waals surface area contributed by atoms with Crippen molar-refractivity contribution < 1.29 is 23.8 Å². The summed E-state index contributed by atoms with van der Waals surface area (Å²) in [6.45, 7) is 1.46. The number of phenolic OH excluding ortho intramolecular Hbond substituents is 1. The molecule has 2 fully saturated rings. The van der Waals surface area contributed by atoms with Crippen LogP contribution in [0.25, 0.3) is 33.3 Å². The molecule has 0 bridgehead atoms. The third-order valence-corrected chi connectivity index (χ3v) is 9.47. The van der Waals surface area contributed by atoms with E-state index in [1.54, 1.807) is 24.5 Å². The molecule has 3 aromatic carbocycles. The van der Waals surface area contributed by atoms with Gasteiger partial charge in [0, 0.05) is 41.2 Å². The third-order valence-electron chi connectivity index (χ3n) is 9.47. The molecule has 2 aromatic heterocycles. The van der Waals surface area contributed by atoms with Crippen molar-refractivity contribution in [3.8, 4) is 28.1 Å². The summed E-state index contributed by atoms with van der Waals surface area (Å²) in [5.74, 6) is -0.139. The minimum atomic E-state index is -0.291. The van der Waals surface area contributed by atoms with Gasteiger partial charge in [-0.05, 0) is 79.1 Å². The number of carbonyl (C=O) groups is 2. The number of phenols is 1. The molecule has 234 valence electrons. The van der Waals surface area contributed by atoms with Gasteiger partial charge < -0.3 is 19.7 Å². The number of fused-ring (bicyclic) bond motifs is 1. The molecule has 1 aliphatic carbocycles. The number of H-pyrrole nitrogens is 1. The molecule has 8 heteroatoms. The Labute approximate surface area is 267 Å². The summed E-state index contributed by atoms with van der Waals surface area (Å²) in [5.41, 5.74) is 5.60. The van der Waals surface area contributed by atoms with Gasteiger partial charge in [-0.15, -0.1) is 0 Å². The standard InChI is InChI=1S/C38H36FN3O4/c39-30-12-6-26(7-13-30)22-38(24-46-37(45)28-10-11-28)15-18-42(19-16-38)35(43)20-25-4-8-27(9-5-25)31-2-1-3-32(36(31)44)33-21-29-14-17-40-23-34(29)41-33/h1-9,12-14,17,21,23,28,41,44H,10-11,15-16,18-20,22,24H2. The average Bonchev–Trinajstić information content (AvgIpc) is 3.84. The van der Waals surface area contributed by atoms with E-state index in [4.69, 9.17) is 4.74 Å². The van der Waals surface area contributed by atoms with Gasteiger partial charge in [0.15, 0.2) is 0 Å². The number of amides is 1. The molecule has 1 saturated heterocycles. The Kier molecular flexibility index (Phi) is 8.03. The van der Waals surface area contributed by atoms with Gasteiger partial charge in [-0.2, -0.15) is 0 Å². The van der Waals surface area contributed by atoms with E-state index in [0.29, 0.717) is 50.1 Å². The molecule has 7 nitrogen and oxygen atoms in total. The van der Waals surface area contributed by atoms with Crippen LogP contribution in [0.4, 0.5) is 4.39 Å². The molecular formula is C38H36FN3O4. The molecule has 2 N–H and O–H groups in total. The SMILES string of the molecule is O=C(OCC1(Cc2ccc(F)cc2)CCN(C(=O)Cc2ccc(-c3cccc(-c4cc5ccncc5[nH]4)c3O)cc2)CC1)C1CC1. The van der Waals surface area contributed by atoms with Crippen LogP contribution >= 0.6 is 0 Å². The van der Waals surface area contributed by atoms with Crippen LogP contribution in [0.2, 0.25) is 0 Å². The van der Waals surface area contributed by atoms with Gasteiger partial charge >= 0.3 is 5.97 Å². The number of esters is 1. The lowest BCUT2D eigenvalue weighted by Crippen LogP contribution is -2.46. The van der Waals surface area contributed by atoms with Gasteiger partial charge in [0.05, 0.1) is 36.4 Å². The minimum absolute atomic E-state index is 0.0289. The fourth-order valence-electron chi connectivity index (χ4n) is 6.50. The molecule has 2 aliphatic rings. The van der Waals surface area contributed by atoms with Crippen molar-refractivity contribution in [1.29, 1.82) is 0 Å². The van der Waals surface area contributed by atoms with Gasteiger partial charge in [0.2, 0.25) is 5.91 Å². The van der Waals surface area contributed by atoms with E-state index < -0.39 is 0 Å². The van der Waals surface area contributed by atoms with Gasteiger partial charge in [-0.3, -0.25) is 14.6 Å². The minimum Gasteiger partial charge on any atom is -0.507 e. The van der Waals surface area contributed by atoms with Gasteiger partial charge in [0.25, 0.3) is 0 Å². The predicted octanol–water partition coefficient (Wildman–Crippen LogP) is 7.09. The second kappa shape index (κ2) is 12.4. The Hall–Kier alpha value is -4.98. The summed E-state index contributed by atoms with van der Waals surface area (Å²) in [5, 5.41) is 12.2. The number of aromatic amines is 1. The largest absolute Gasteiger partial charge is 0.507 e. The number of nitrogens with one attached hydrogen (secondary N) is 1. The second-order valence-electron chi connectivity index (χ2n) is 12.8. The Bertz CT molecular complexity index is 1840. The summed E-state index contributed by atoms with van der Waals surface area (Å²) >= 11 is 0. The Balaban J connectivity index is 1.00. The number of aromatic hydroxyl groups is 1. The molecule has 0 radical (unpaired) electrons. The second-order valence-corrected chi connectivity index (χ2v) is 12.8. The number of carbonyl (C=O) groups excluding carboxylic acids is 2. The van der Waals surface area contributed by atoms with Crippen molar-refractivity contribution in [3.63, 3.8) is 0 Å². The van der Waals surface area contributed by atoms with E-state index in [1.165, 1.54) is 12.1 Å². The molecule has 0 spiro atoms. The van der Waals surface area contributed by atoms with Crippen molar-refractivity contribution in [2.75, 3.05) is 19.7 Å². The molecule has 1 aliphatic heterocycles. The number of para-hydroxylation sites is 1. The fraction of sp³-hybridized carbons (Fsp3) is 0.289. The summed E-state index contributed by atoms with van der Waals surface area (Å²) in [6, 6.07) is 23.9. The summed E-state index contributed by atoms with van der Waals surface area (Å²) in [6.07, 6.45) is 7.64. The lowest BCUT2D eigenvalue weighted by atomic mass is 9.74. The van der Waals surface area contributed by atoms with Crippen LogP contribution in [-0.2, 0) is 27.2 Å². The smallest absolute Gasteiger partial charge is 0.308 e. The van der Waals surface area contributed by atoms with E-state index >= 15 is 0 Å². The number of hydrogen-bond acceptors (Lipinski definition) is 5. The average molecular weight is 618 g/mol.